The van der Waals surface area contributed by atoms with E-state index in [1.165, 1.54) is 10.6 Å². The van der Waals surface area contributed by atoms with Gasteiger partial charge >= 0.3 is 0 Å². The summed E-state index contributed by atoms with van der Waals surface area (Å²) < 4.78 is 43.5. The molecular formula is C22H18ClF3N6. The summed E-state index contributed by atoms with van der Waals surface area (Å²) in [6, 6.07) is 10.2. The monoisotopic (exact) mass is 458 g/mol. The van der Waals surface area contributed by atoms with Gasteiger partial charge in [0.1, 0.15) is 11.3 Å². The van der Waals surface area contributed by atoms with Crippen molar-refractivity contribution in [3.05, 3.63) is 71.6 Å². The molecule has 2 unspecified atom stereocenters. The summed E-state index contributed by atoms with van der Waals surface area (Å²) in [5.41, 5.74) is 2.35. The molecule has 164 valence electrons. The molecule has 5 rings (SSSR count). The van der Waals surface area contributed by atoms with Crippen LogP contribution >= 0.6 is 11.6 Å². The van der Waals surface area contributed by atoms with Crippen molar-refractivity contribution >= 4 is 28.9 Å². The van der Waals surface area contributed by atoms with E-state index in [1.54, 1.807) is 36.7 Å². The van der Waals surface area contributed by atoms with Gasteiger partial charge in [0.25, 0.3) is 0 Å². The number of alkyl halides is 1. The van der Waals surface area contributed by atoms with Gasteiger partial charge < -0.3 is 10.2 Å². The van der Waals surface area contributed by atoms with E-state index in [-0.39, 0.29) is 12.5 Å². The maximum absolute atomic E-state index is 15.0. The van der Waals surface area contributed by atoms with Crippen molar-refractivity contribution < 1.29 is 13.2 Å². The lowest BCUT2D eigenvalue weighted by Gasteiger charge is -2.36. The lowest BCUT2D eigenvalue weighted by Crippen LogP contribution is -2.48. The van der Waals surface area contributed by atoms with Crippen LogP contribution in [0, 0.1) is 11.6 Å². The Morgan fingerprint density at radius 3 is 2.75 bits per heavy atom. The zero-order chi connectivity index (χ0) is 22.2. The Bertz CT molecular complexity index is 1280. The average Bonchev–Trinajstić information content (AvgIpc) is 3.20. The van der Waals surface area contributed by atoms with Gasteiger partial charge in [-0.05, 0) is 48.4 Å². The van der Waals surface area contributed by atoms with Gasteiger partial charge in [-0.1, -0.05) is 17.7 Å². The fourth-order valence-electron chi connectivity index (χ4n) is 3.91. The van der Waals surface area contributed by atoms with E-state index in [0.29, 0.717) is 34.9 Å². The third-order valence-corrected chi connectivity index (χ3v) is 5.73. The Kier molecular flexibility index (Phi) is 5.34. The Hall–Kier alpha value is -3.33. The Morgan fingerprint density at radius 2 is 1.97 bits per heavy atom. The van der Waals surface area contributed by atoms with E-state index >= 15 is 0 Å². The third-order valence-electron chi connectivity index (χ3n) is 5.52. The van der Waals surface area contributed by atoms with E-state index in [1.807, 2.05) is 4.90 Å². The SMILES string of the molecule is Fc1ccc(-c2cccn3nc(NC4CCN(c5ccnc(Cl)c5)CC4F)nc23)cc1F. The molecule has 0 amide bonds. The number of pyridine rings is 2. The highest BCUT2D eigenvalue weighted by Crippen LogP contribution is 2.27. The van der Waals surface area contributed by atoms with E-state index in [4.69, 9.17) is 11.6 Å². The highest BCUT2D eigenvalue weighted by Gasteiger charge is 2.30. The molecule has 2 atom stereocenters. The summed E-state index contributed by atoms with van der Waals surface area (Å²) in [6.45, 7) is 0.831. The van der Waals surface area contributed by atoms with Gasteiger partial charge in [-0.25, -0.2) is 22.7 Å². The number of hydrogen-bond acceptors (Lipinski definition) is 5. The molecule has 0 radical (unpaired) electrons. The van der Waals surface area contributed by atoms with E-state index < -0.39 is 23.8 Å². The summed E-state index contributed by atoms with van der Waals surface area (Å²) in [5.74, 6) is -1.59. The molecule has 4 aromatic rings. The lowest BCUT2D eigenvalue weighted by molar-refractivity contribution is 0.263. The number of anilines is 2. The molecule has 0 aliphatic carbocycles. The summed E-state index contributed by atoms with van der Waals surface area (Å²) >= 11 is 5.95. The van der Waals surface area contributed by atoms with E-state index in [2.05, 4.69) is 20.4 Å². The van der Waals surface area contributed by atoms with Crippen molar-refractivity contribution in [2.75, 3.05) is 23.3 Å². The second-order valence-electron chi connectivity index (χ2n) is 7.59. The van der Waals surface area contributed by atoms with Crippen LogP contribution < -0.4 is 10.2 Å². The fraction of sp³-hybridized carbons (Fsp3) is 0.227. The van der Waals surface area contributed by atoms with E-state index in [9.17, 15) is 13.2 Å². The summed E-state index contributed by atoms with van der Waals surface area (Å²) in [7, 11) is 0. The highest BCUT2D eigenvalue weighted by molar-refractivity contribution is 6.29. The first kappa shape index (κ1) is 20.6. The van der Waals surface area contributed by atoms with Crippen LogP contribution in [0.3, 0.4) is 0 Å². The number of nitrogens with one attached hydrogen (secondary N) is 1. The predicted octanol–water partition coefficient (Wildman–Crippen LogP) is 4.75. The molecule has 0 saturated carbocycles. The molecule has 10 heteroatoms. The van der Waals surface area contributed by atoms with Crippen molar-refractivity contribution in [2.45, 2.75) is 18.6 Å². The number of rotatable bonds is 4. The van der Waals surface area contributed by atoms with Gasteiger partial charge in [0.05, 0.1) is 12.6 Å². The Morgan fingerprint density at radius 1 is 1.09 bits per heavy atom. The molecule has 4 heterocycles. The van der Waals surface area contributed by atoms with Crippen molar-refractivity contribution in [1.29, 1.82) is 0 Å². The molecule has 1 N–H and O–H groups in total. The van der Waals surface area contributed by atoms with Gasteiger partial charge in [-0.15, -0.1) is 5.10 Å². The molecule has 1 saturated heterocycles. The first-order valence-electron chi connectivity index (χ1n) is 10.1. The topological polar surface area (TPSA) is 58.4 Å². The lowest BCUT2D eigenvalue weighted by atomic mass is 10.0. The molecule has 1 aliphatic heterocycles. The summed E-state index contributed by atoms with van der Waals surface area (Å²) in [5, 5.41) is 7.83. The number of piperidine rings is 1. The molecule has 1 fully saturated rings. The minimum absolute atomic E-state index is 0.200. The van der Waals surface area contributed by atoms with Crippen LogP contribution in [-0.4, -0.2) is 44.9 Å². The molecule has 32 heavy (non-hydrogen) atoms. The maximum atomic E-state index is 15.0. The van der Waals surface area contributed by atoms with Crippen LogP contribution in [0.4, 0.5) is 24.8 Å². The second kappa shape index (κ2) is 8.31. The first-order chi connectivity index (χ1) is 15.5. The van der Waals surface area contributed by atoms with Crippen LogP contribution in [0.1, 0.15) is 6.42 Å². The molecule has 0 bridgehead atoms. The van der Waals surface area contributed by atoms with Crippen LogP contribution in [0.5, 0.6) is 0 Å². The molecule has 6 nitrogen and oxygen atoms in total. The normalized spacial score (nSPS) is 18.8. The Labute approximate surface area is 186 Å². The highest BCUT2D eigenvalue weighted by atomic mass is 35.5. The van der Waals surface area contributed by atoms with Gasteiger partial charge in [0, 0.05) is 30.2 Å². The average molecular weight is 459 g/mol. The van der Waals surface area contributed by atoms with Gasteiger partial charge in [-0.3, -0.25) is 0 Å². The van der Waals surface area contributed by atoms with Gasteiger partial charge in [-0.2, -0.15) is 4.98 Å². The maximum Gasteiger partial charge on any atom is 0.243 e. The van der Waals surface area contributed by atoms with E-state index in [0.717, 1.165) is 17.8 Å². The zero-order valence-electron chi connectivity index (χ0n) is 16.7. The Balaban J connectivity index is 1.35. The summed E-state index contributed by atoms with van der Waals surface area (Å²) in [4.78, 5) is 10.4. The number of benzene rings is 1. The third kappa shape index (κ3) is 3.95. The number of aromatic nitrogens is 4. The van der Waals surface area contributed by atoms with Crippen LogP contribution in [0.25, 0.3) is 16.8 Å². The summed E-state index contributed by atoms with van der Waals surface area (Å²) in [6.07, 6.45) is 2.67. The number of hydrogen-bond donors (Lipinski definition) is 1. The largest absolute Gasteiger partial charge is 0.368 e. The molecular weight excluding hydrogens is 441 g/mol. The van der Waals surface area contributed by atoms with Crippen molar-refractivity contribution in [3.63, 3.8) is 0 Å². The molecule has 1 aromatic carbocycles. The minimum atomic E-state index is -1.16. The van der Waals surface area contributed by atoms with Crippen molar-refractivity contribution in [3.8, 4) is 11.1 Å². The van der Waals surface area contributed by atoms with Crippen LogP contribution in [0.2, 0.25) is 5.15 Å². The van der Waals surface area contributed by atoms with Crippen molar-refractivity contribution in [1.82, 2.24) is 19.6 Å². The fourth-order valence-corrected chi connectivity index (χ4v) is 4.08. The zero-order valence-corrected chi connectivity index (χ0v) is 17.5. The quantitative estimate of drug-likeness (QED) is 0.447. The van der Waals surface area contributed by atoms with Crippen LogP contribution in [-0.2, 0) is 0 Å². The number of nitrogens with zero attached hydrogens (tertiary/aromatic N) is 5. The van der Waals surface area contributed by atoms with Gasteiger partial charge in [0.2, 0.25) is 5.95 Å². The standard InChI is InChI=1S/C22H18ClF3N6/c23-20-11-14(5-7-27-20)31-9-6-19(18(26)12-31)28-22-29-21-15(2-1-8-32(21)30-22)13-3-4-16(24)17(25)10-13/h1-5,7-8,10-11,18-19H,6,9,12H2,(H,28,30). The smallest absolute Gasteiger partial charge is 0.243 e. The molecule has 1 aliphatic rings. The first-order valence-corrected chi connectivity index (χ1v) is 10.4. The minimum Gasteiger partial charge on any atom is -0.368 e. The molecule has 0 spiro atoms. The number of fused-ring (bicyclic) bond motifs is 1. The number of halogens is 4. The molecule has 3 aromatic heterocycles. The predicted molar refractivity (Wildman–Crippen MR) is 117 cm³/mol. The van der Waals surface area contributed by atoms with Crippen LogP contribution in [0.15, 0.2) is 54.9 Å². The second-order valence-corrected chi connectivity index (χ2v) is 7.98. The van der Waals surface area contributed by atoms with Gasteiger partial charge in [0.15, 0.2) is 17.3 Å². The van der Waals surface area contributed by atoms with Crippen molar-refractivity contribution in [2.24, 2.45) is 0 Å².